The second-order valence-electron chi connectivity index (χ2n) is 28.5. The average Bonchev–Trinajstić information content (AvgIpc) is 1.07. The van der Waals surface area contributed by atoms with Crippen LogP contribution in [0.1, 0.15) is 49.9 Å². The van der Waals surface area contributed by atoms with E-state index in [0.717, 1.165) is 72.2 Å². The van der Waals surface area contributed by atoms with Gasteiger partial charge in [0.15, 0.2) is 0 Å². The van der Waals surface area contributed by atoms with Crippen LogP contribution in [-0.2, 0) is 10.8 Å². The van der Waals surface area contributed by atoms with Crippen molar-refractivity contribution in [2.45, 2.75) is 38.5 Å². The predicted molar refractivity (Wildman–Crippen MR) is 416 cm³/mol. The van der Waals surface area contributed by atoms with Crippen LogP contribution in [0.15, 0.2) is 315 Å². The van der Waals surface area contributed by atoms with Crippen molar-refractivity contribution >= 4 is 87.2 Å². The first-order valence-electron chi connectivity index (χ1n) is 34.8. The molecule has 2 aliphatic rings. The van der Waals surface area contributed by atoms with E-state index in [1.54, 1.807) is 0 Å². The minimum absolute atomic E-state index is 0.0988. The molecule has 0 amide bonds. The number of nitrogens with zero attached hydrogens (tertiary/aromatic N) is 6. The Hall–Kier alpha value is -12.6. The lowest BCUT2D eigenvalue weighted by atomic mass is 9.82. The number of aromatic nitrogens is 6. The summed E-state index contributed by atoms with van der Waals surface area (Å²) in [7, 11) is 0. The highest BCUT2D eigenvalue weighted by atomic mass is 15.2. The normalized spacial score (nSPS) is 13.6. The summed E-state index contributed by atoms with van der Waals surface area (Å²) in [5.74, 6) is 0.611. The van der Waals surface area contributed by atoms with Crippen LogP contribution in [0.4, 0.5) is 0 Å². The summed E-state index contributed by atoms with van der Waals surface area (Å²) in [5.41, 5.74) is 31.5. The monoisotopic (exact) mass is 1280 g/mol. The Morgan fingerprint density at radius 3 is 0.980 bits per heavy atom. The van der Waals surface area contributed by atoms with Gasteiger partial charge in [0.2, 0.25) is 5.95 Å². The quantitative estimate of drug-likeness (QED) is 0.152. The van der Waals surface area contributed by atoms with E-state index in [2.05, 4.69) is 361 Å². The largest absolute Gasteiger partial charge is 0.309 e. The second kappa shape index (κ2) is 20.9. The van der Waals surface area contributed by atoms with Crippen molar-refractivity contribution in [3.63, 3.8) is 0 Å². The van der Waals surface area contributed by atoms with E-state index in [1.807, 2.05) is 0 Å². The van der Waals surface area contributed by atoms with Gasteiger partial charge < -0.3 is 13.7 Å². The number of fused-ring (bicyclic) bond motifs is 18. The summed E-state index contributed by atoms with van der Waals surface area (Å²) in [6, 6.07) is 117. The highest BCUT2D eigenvalue weighted by molar-refractivity contribution is 6.15. The number of hydrogen-bond acceptors (Lipinski definition) is 2. The molecule has 19 aromatic rings. The fourth-order valence-electron chi connectivity index (χ4n) is 17.6. The van der Waals surface area contributed by atoms with Gasteiger partial charge in [0.05, 0.1) is 55.5 Å². The van der Waals surface area contributed by atoms with Gasteiger partial charge in [-0.25, -0.2) is 9.97 Å². The van der Waals surface area contributed by atoms with E-state index in [0.29, 0.717) is 5.95 Å². The zero-order chi connectivity index (χ0) is 66.3. The fourth-order valence-corrected chi connectivity index (χ4v) is 17.6. The average molecular weight is 1280 g/mol. The van der Waals surface area contributed by atoms with Gasteiger partial charge in [0, 0.05) is 82.1 Å². The highest BCUT2D eigenvalue weighted by Gasteiger charge is 2.37. The van der Waals surface area contributed by atoms with Gasteiger partial charge in [-0.3, -0.25) is 4.57 Å². The molecule has 0 N–H and O–H groups in total. The third-order valence-corrected chi connectivity index (χ3v) is 22.4. The van der Waals surface area contributed by atoms with Gasteiger partial charge in [-0.1, -0.05) is 228 Å². The van der Waals surface area contributed by atoms with E-state index < -0.39 is 0 Å². The molecule has 0 saturated carbocycles. The summed E-state index contributed by atoms with van der Waals surface area (Å²) in [6.07, 6.45) is 0. The van der Waals surface area contributed by atoms with Gasteiger partial charge >= 0.3 is 0 Å². The van der Waals surface area contributed by atoms with Crippen molar-refractivity contribution in [1.29, 1.82) is 0 Å². The van der Waals surface area contributed by atoms with Crippen molar-refractivity contribution in [3.05, 3.63) is 338 Å². The standard InChI is InChI=1S/C94H64N6/c1-93(2)78-31-14-8-25-66(78)68-43-41-64(54-80(68)93)98-85-34-17-11-28-71(85)75-51-59(38-46-89(75)98)58-37-45-88-74(50-58)70-27-10-16-33-84(70)97(88)63-24-20-23-62(49-63)83-56-82(57-21-6-5-7-22-57)95-92(96-83)100-87-36-19-13-30-73(87)77-53-61(40-48-91(77)100)60-39-47-90-76(52-60)72-29-12-18-35-86(72)99(90)65-42-44-69-67-26-9-15-32-79(67)94(3,4)81(69)55-65/h5-56H,1-4H3. The molecule has 2 aliphatic carbocycles. The molecule has 100 heavy (non-hydrogen) atoms. The van der Waals surface area contributed by atoms with E-state index >= 15 is 0 Å². The maximum Gasteiger partial charge on any atom is 0.235 e. The Morgan fingerprint density at radius 1 is 0.210 bits per heavy atom. The van der Waals surface area contributed by atoms with Gasteiger partial charge in [-0.2, -0.15) is 0 Å². The molecule has 5 heterocycles. The molecule has 14 aromatic carbocycles. The van der Waals surface area contributed by atoms with E-state index in [1.165, 1.54) is 121 Å². The molecule has 0 atom stereocenters. The van der Waals surface area contributed by atoms with Crippen LogP contribution >= 0.6 is 0 Å². The lowest BCUT2D eigenvalue weighted by molar-refractivity contribution is 0.660. The van der Waals surface area contributed by atoms with Crippen LogP contribution in [0.5, 0.6) is 0 Å². The molecule has 0 spiro atoms. The lowest BCUT2D eigenvalue weighted by Crippen LogP contribution is -2.15. The summed E-state index contributed by atoms with van der Waals surface area (Å²) in [4.78, 5) is 11.1. The van der Waals surface area contributed by atoms with Crippen molar-refractivity contribution in [2.24, 2.45) is 0 Å². The second-order valence-corrected chi connectivity index (χ2v) is 28.5. The van der Waals surface area contributed by atoms with E-state index in [-0.39, 0.29) is 10.8 Å². The number of rotatable bonds is 8. The third-order valence-electron chi connectivity index (χ3n) is 22.4. The van der Waals surface area contributed by atoms with Gasteiger partial charge in [-0.05, 0) is 182 Å². The Balaban J connectivity index is 0.653. The van der Waals surface area contributed by atoms with Gasteiger partial charge in [0.1, 0.15) is 0 Å². The Kier molecular flexibility index (Phi) is 11.8. The molecule has 6 heteroatoms. The van der Waals surface area contributed by atoms with Crippen LogP contribution in [0.25, 0.3) is 177 Å². The maximum atomic E-state index is 5.60. The molecule has 5 aromatic heterocycles. The molecular weight excluding hydrogens is 1210 g/mol. The fraction of sp³-hybridized carbons (Fsp3) is 0.0638. The maximum absolute atomic E-state index is 5.60. The summed E-state index contributed by atoms with van der Waals surface area (Å²) >= 11 is 0. The van der Waals surface area contributed by atoms with Crippen molar-refractivity contribution in [3.8, 4) is 90.0 Å². The molecule has 0 aliphatic heterocycles. The van der Waals surface area contributed by atoms with E-state index in [4.69, 9.17) is 9.97 Å². The number of hydrogen-bond donors (Lipinski definition) is 0. The van der Waals surface area contributed by atoms with E-state index in [9.17, 15) is 0 Å². The van der Waals surface area contributed by atoms with Crippen LogP contribution in [-0.4, -0.2) is 28.2 Å². The third kappa shape index (κ3) is 8.13. The molecule has 0 fully saturated rings. The van der Waals surface area contributed by atoms with Crippen molar-refractivity contribution < 1.29 is 0 Å². The molecule has 6 nitrogen and oxygen atoms in total. The summed E-state index contributed by atoms with van der Waals surface area (Å²) in [5, 5.41) is 9.60. The molecule has 470 valence electrons. The van der Waals surface area contributed by atoms with Crippen LogP contribution in [0, 0.1) is 0 Å². The van der Waals surface area contributed by atoms with Crippen LogP contribution in [0.2, 0.25) is 0 Å². The number of benzene rings is 14. The van der Waals surface area contributed by atoms with Crippen molar-refractivity contribution in [1.82, 2.24) is 28.2 Å². The van der Waals surface area contributed by atoms with Crippen molar-refractivity contribution in [2.75, 3.05) is 0 Å². The Bertz CT molecular complexity index is 6720. The zero-order valence-electron chi connectivity index (χ0n) is 55.7. The molecule has 21 rings (SSSR count). The van der Waals surface area contributed by atoms with Gasteiger partial charge in [0.25, 0.3) is 0 Å². The summed E-state index contributed by atoms with van der Waals surface area (Å²) < 4.78 is 9.59. The lowest BCUT2D eigenvalue weighted by Gasteiger charge is -2.22. The molecule has 0 saturated heterocycles. The predicted octanol–water partition coefficient (Wildman–Crippen LogP) is 24.1. The topological polar surface area (TPSA) is 45.5 Å². The highest BCUT2D eigenvalue weighted by Crippen LogP contribution is 2.52. The smallest absolute Gasteiger partial charge is 0.235 e. The molecule has 0 bridgehead atoms. The summed E-state index contributed by atoms with van der Waals surface area (Å²) in [6.45, 7) is 9.44. The van der Waals surface area contributed by atoms with Gasteiger partial charge in [-0.15, -0.1) is 0 Å². The zero-order valence-corrected chi connectivity index (χ0v) is 55.7. The first-order valence-corrected chi connectivity index (χ1v) is 34.8. The number of para-hydroxylation sites is 4. The van der Waals surface area contributed by atoms with Crippen LogP contribution in [0.3, 0.4) is 0 Å². The van der Waals surface area contributed by atoms with Crippen LogP contribution < -0.4 is 0 Å². The molecular formula is C94H64N6. The Morgan fingerprint density at radius 2 is 0.540 bits per heavy atom. The molecule has 0 radical (unpaired) electrons. The minimum atomic E-state index is -0.104. The minimum Gasteiger partial charge on any atom is -0.309 e. The SMILES string of the molecule is CC1(C)c2ccccc2-c2ccc(-n3c4ccccc4c4cc(-c5ccc6c(c5)c5ccccc5n6-c5cccc(-c6cc(-c7ccccc7)nc(-n7c8ccccc8c8cc(-c9ccc%10c(c9)c9ccccc9n%10-c9ccc%10c(c9)C(C)(C)c9ccccc9-%10)ccc87)n6)c5)ccc43)cc21. The molecule has 0 unspecified atom stereocenters. The first kappa shape index (κ1) is 56.5. The Labute approximate surface area is 578 Å². The first-order chi connectivity index (χ1) is 49.1.